The first-order chi connectivity index (χ1) is 15.0. The number of carbonyl (C=O) groups excluding carboxylic acids is 1. The highest BCUT2D eigenvalue weighted by molar-refractivity contribution is 6.34. The Kier molecular flexibility index (Phi) is 5.86. The number of imidazole rings is 1. The average Bonchev–Trinajstić information content (AvgIpc) is 3.13. The lowest BCUT2D eigenvalue weighted by atomic mass is 10.2. The van der Waals surface area contributed by atoms with Crippen molar-refractivity contribution < 1.29 is 4.79 Å². The van der Waals surface area contributed by atoms with E-state index >= 15 is 0 Å². The fourth-order valence-electron chi connectivity index (χ4n) is 3.47. The number of benzene rings is 2. The minimum absolute atomic E-state index is 0.151. The van der Waals surface area contributed by atoms with Crippen molar-refractivity contribution in [2.75, 3.05) is 23.3 Å². The van der Waals surface area contributed by atoms with E-state index in [-0.39, 0.29) is 16.6 Å². The maximum Gasteiger partial charge on any atom is 0.276 e. The normalized spacial score (nSPS) is 11.0. The molecule has 158 valence electrons. The first-order valence-corrected chi connectivity index (χ1v) is 10.5. The summed E-state index contributed by atoms with van der Waals surface area (Å²) in [6.45, 7) is 5.49. The lowest BCUT2D eigenvalue weighted by Crippen LogP contribution is -2.25. The van der Waals surface area contributed by atoms with Crippen molar-refractivity contribution in [2.45, 2.75) is 13.8 Å². The Labute approximate surface area is 185 Å². The highest BCUT2D eigenvalue weighted by Crippen LogP contribution is 2.25. The summed E-state index contributed by atoms with van der Waals surface area (Å²) in [6.07, 6.45) is 1.46. The van der Waals surface area contributed by atoms with Crippen LogP contribution in [0.25, 0.3) is 22.4 Å². The van der Waals surface area contributed by atoms with Gasteiger partial charge in [0.05, 0.1) is 22.3 Å². The molecule has 1 N–H and O–H groups in total. The first-order valence-electron chi connectivity index (χ1n) is 10.1. The summed E-state index contributed by atoms with van der Waals surface area (Å²) >= 11 is 6.19. The summed E-state index contributed by atoms with van der Waals surface area (Å²) in [5, 5.41) is 3.07. The van der Waals surface area contributed by atoms with Gasteiger partial charge < -0.3 is 14.8 Å². The van der Waals surface area contributed by atoms with Gasteiger partial charge in [-0.1, -0.05) is 23.7 Å². The smallest absolute Gasteiger partial charge is 0.276 e. The second kappa shape index (κ2) is 8.73. The Morgan fingerprint density at radius 1 is 1.06 bits per heavy atom. The molecule has 0 bridgehead atoms. The van der Waals surface area contributed by atoms with E-state index < -0.39 is 0 Å². The van der Waals surface area contributed by atoms with Gasteiger partial charge in [0.15, 0.2) is 5.69 Å². The molecular weight excluding hydrogens is 412 g/mol. The molecule has 0 radical (unpaired) electrons. The van der Waals surface area contributed by atoms with Crippen LogP contribution >= 0.6 is 11.6 Å². The van der Waals surface area contributed by atoms with E-state index in [1.165, 1.54) is 6.20 Å². The van der Waals surface area contributed by atoms with Crippen molar-refractivity contribution in [1.82, 2.24) is 19.5 Å². The highest BCUT2D eigenvalue weighted by Gasteiger charge is 2.17. The zero-order valence-electron chi connectivity index (χ0n) is 17.6. The molecule has 0 unspecified atom stereocenters. The third kappa shape index (κ3) is 4.09. The van der Waals surface area contributed by atoms with Crippen molar-refractivity contribution in [1.29, 1.82) is 0 Å². The van der Waals surface area contributed by atoms with Crippen molar-refractivity contribution in [3.8, 4) is 11.4 Å². The number of rotatable bonds is 6. The highest BCUT2D eigenvalue weighted by atomic mass is 35.5. The van der Waals surface area contributed by atoms with Gasteiger partial charge in [-0.05, 0) is 50.2 Å². The number of fused-ring (bicyclic) bond motifs is 1. The monoisotopic (exact) mass is 434 g/mol. The van der Waals surface area contributed by atoms with E-state index in [0.717, 1.165) is 35.5 Å². The van der Waals surface area contributed by atoms with E-state index in [1.54, 1.807) is 0 Å². The summed E-state index contributed by atoms with van der Waals surface area (Å²) in [6, 6.07) is 15.5. The maximum absolute atomic E-state index is 12.8. The number of hydrogen-bond donors (Lipinski definition) is 1. The minimum Gasteiger partial charge on any atom is -0.341 e. The van der Waals surface area contributed by atoms with Gasteiger partial charge in [0.25, 0.3) is 5.91 Å². The Morgan fingerprint density at radius 2 is 1.77 bits per heavy atom. The van der Waals surface area contributed by atoms with Crippen LogP contribution in [0.5, 0.6) is 0 Å². The molecule has 4 aromatic rings. The van der Waals surface area contributed by atoms with Crippen LogP contribution in [0.4, 0.5) is 11.6 Å². The van der Waals surface area contributed by atoms with E-state index in [9.17, 15) is 4.79 Å². The van der Waals surface area contributed by atoms with Gasteiger partial charge in [0.1, 0.15) is 5.82 Å². The quantitative estimate of drug-likeness (QED) is 0.472. The zero-order valence-corrected chi connectivity index (χ0v) is 18.4. The van der Waals surface area contributed by atoms with Crippen LogP contribution in [-0.4, -0.2) is 38.5 Å². The second-order valence-corrected chi connectivity index (χ2v) is 7.46. The largest absolute Gasteiger partial charge is 0.341 e. The van der Waals surface area contributed by atoms with Crippen LogP contribution in [0.1, 0.15) is 24.3 Å². The fraction of sp³-hybridized carbons (Fsp3) is 0.217. The number of hydrogen-bond acceptors (Lipinski definition) is 5. The van der Waals surface area contributed by atoms with Gasteiger partial charge in [0, 0.05) is 31.4 Å². The summed E-state index contributed by atoms with van der Waals surface area (Å²) < 4.78 is 2.05. The van der Waals surface area contributed by atoms with Crippen molar-refractivity contribution in [2.24, 2.45) is 7.05 Å². The van der Waals surface area contributed by atoms with E-state index in [4.69, 9.17) is 16.6 Å². The Balaban J connectivity index is 1.56. The molecule has 0 aliphatic carbocycles. The number of aromatic nitrogens is 4. The number of para-hydroxylation sites is 2. The number of carbonyl (C=O) groups is 1. The number of nitrogens with zero attached hydrogens (tertiary/aromatic N) is 5. The third-order valence-electron chi connectivity index (χ3n) is 5.18. The lowest BCUT2D eigenvalue weighted by Gasteiger charge is -2.19. The number of amides is 1. The van der Waals surface area contributed by atoms with Crippen LogP contribution < -0.4 is 10.2 Å². The maximum atomic E-state index is 12.8. The number of anilines is 2. The molecule has 0 aliphatic rings. The van der Waals surface area contributed by atoms with Crippen LogP contribution in [0.3, 0.4) is 0 Å². The SMILES string of the molecule is CCN(CC)c1ncc(Cl)c(C(=O)Nc2ccc(-c3nc4ccccc4n3C)cc2)n1. The fourth-order valence-corrected chi connectivity index (χ4v) is 3.65. The molecule has 7 nitrogen and oxygen atoms in total. The van der Waals surface area contributed by atoms with Crippen molar-refractivity contribution >= 4 is 40.2 Å². The first kappa shape index (κ1) is 20.8. The van der Waals surface area contributed by atoms with Gasteiger partial charge in [-0.2, -0.15) is 0 Å². The van der Waals surface area contributed by atoms with Crippen LogP contribution in [0.2, 0.25) is 5.02 Å². The van der Waals surface area contributed by atoms with Gasteiger partial charge in [-0.3, -0.25) is 4.79 Å². The Morgan fingerprint density at radius 3 is 2.45 bits per heavy atom. The molecule has 0 spiro atoms. The van der Waals surface area contributed by atoms with Gasteiger partial charge >= 0.3 is 0 Å². The molecule has 1 amide bonds. The molecule has 2 aromatic heterocycles. The number of nitrogens with one attached hydrogen (secondary N) is 1. The third-order valence-corrected chi connectivity index (χ3v) is 5.46. The average molecular weight is 435 g/mol. The molecule has 31 heavy (non-hydrogen) atoms. The zero-order chi connectivity index (χ0) is 22.0. The molecule has 2 heterocycles. The predicted octanol–water partition coefficient (Wildman–Crippen LogP) is 4.78. The van der Waals surface area contributed by atoms with Crippen LogP contribution in [0.15, 0.2) is 54.7 Å². The lowest BCUT2D eigenvalue weighted by molar-refractivity contribution is 0.102. The Hall–Kier alpha value is -3.45. The second-order valence-electron chi connectivity index (χ2n) is 7.05. The molecule has 0 fully saturated rings. The van der Waals surface area contributed by atoms with E-state index in [1.807, 2.05) is 74.3 Å². The molecule has 0 aliphatic heterocycles. The Bertz CT molecular complexity index is 1230. The minimum atomic E-state index is -0.378. The summed E-state index contributed by atoms with van der Waals surface area (Å²) in [4.78, 5) is 28.1. The summed E-state index contributed by atoms with van der Waals surface area (Å²) in [5.41, 5.74) is 3.77. The van der Waals surface area contributed by atoms with E-state index in [0.29, 0.717) is 11.6 Å². The predicted molar refractivity (Wildman–Crippen MR) is 125 cm³/mol. The molecule has 8 heteroatoms. The molecule has 0 saturated carbocycles. The van der Waals surface area contributed by atoms with Crippen molar-refractivity contribution in [3.63, 3.8) is 0 Å². The van der Waals surface area contributed by atoms with Gasteiger partial charge in [-0.15, -0.1) is 0 Å². The molecular formula is C23H23ClN6O. The van der Waals surface area contributed by atoms with Gasteiger partial charge in [-0.25, -0.2) is 15.0 Å². The summed E-state index contributed by atoms with van der Waals surface area (Å²) in [7, 11) is 1.99. The van der Waals surface area contributed by atoms with Crippen molar-refractivity contribution in [3.05, 3.63) is 65.4 Å². The topological polar surface area (TPSA) is 75.9 Å². The summed E-state index contributed by atoms with van der Waals surface area (Å²) in [5.74, 6) is 0.967. The number of aryl methyl sites for hydroxylation is 1. The van der Waals surface area contributed by atoms with Crippen LogP contribution in [0, 0.1) is 0 Å². The molecule has 0 atom stereocenters. The molecule has 4 rings (SSSR count). The molecule has 2 aromatic carbocycles. The molecule has 0 saturated heterocycles. The standard InChI is InChI=1S/C23H23ClN6O/c1-4-30(5-2)23-25-14-17(24)20(28-23)22(31)26-16-12-10-15(11-13-16)21-27-18-8-6-7-9-19(18)29(21)3/h6-14H,4-5H2,1-3H3,(H,26,31). The van der Waals surface area contributed by atoms with E-state index in [2.05, 4.69) is 19.9 Å². The number of halogens is 1. The van der Waals surface area contributed by atoms with Crippen LogP contribution in [-0.2, 0) is 7.05 Å². The van der Waals surface area contributed by atoms with Gasteiger partial charge in [0.2, 0.25) is 5.95 Å².